The third kappa shape index (κ3) is 2.25. The normalized spacial score (nSPS) is 10.4. The van der Waals surface area contributed by atoms with Gasteiger partial charge in [0, 0.05) is 18.7 Å². The number of carboxylic acid groups (broad SMARTS) is 1. The molecule has 2 aromatic heterocycles. The van der Waals surface area contributed by atoms with Crippen molar-refractivity contribution < 1.29 is 14.3 Å². The van der Waals surface area contributed by atoms with Gasteiger partial charge in [-0.3, -0.25) is 9.36 Å². The second kappa shape index (κ2) is 4.00. The molecular formula is C10H10N2O3. The lowest BCUT2D eigenvalue weighted by Gasteiger charge is -1.93. The number of hydrogen-bond acceptors (Lipinski definition) is 3. The molecule has 2 aromatic rings. The van der Waals surface area contributed by atoms with Crippen LogP contribution in [0.15, 0.2) is 35.3 Å². The number of nitrogens with zero attached hydrogens (tertiary/aromatic N) is 2. The summed E-state index contributed by atoms with van der Waals surface area (Å²) in [6.07, 6.45) is 5.47. The molecule has 2 rings (SSSR count). The summed E-state index contributed by atoms with van der Waals surface area (Å²) in [5, 5.41) is 8.51. The largest absolute Gasteiger partial charge is 0.481 e. The van der Waals surface area contributed by atoms with Crippen LogP contribution in [0.1, 0.15) is 12.1 Å². The van der Waals surface area contributed by atoms with E-state index in [1.807, 2.05) is 6.07 Å². The van der Waals surface area contributed by atoms with Crippen molar-refractivity contribution in [3.05, 3.63) is 36.6 Å². The van der Waals surface area contributed by atoms with Crippen LogP contribution in [0.3, 0.4) is 0 Å². The van der Waals surface area contributed by atoms with Crippen molar-refractivity contribution in [2.75, 3.05) is 0 Å². The van der Waals surface area contributed by atoms with Gasteiger partial charge in [-0.1, -0.05) is 0 Å². The lowest BCUT2D eigenvalue weighted by atomic mass is 10.2. The van der Waals surface area contributed by atoms with Crippen molar-refractivity contribution in [2.24, 2.45) is 0 Å². The Balaban J connectivity index is 2.08. The number of hydrogen-bond donors (Lipinski definition) is 1. The fourth-order valence-corrected chi connectivity index (χ4v) is 1.27. The highest BCUT2D eigenvalue weighted by atomic mass is 16.4. The summed E-state index contributed by atoms with van der Waals surface area (Å²) in [5.41, 5.74) is 0.744. The zero-order chi connectivity index (χ0) is 10.7. The van der Waals surface area contributed by atoms with E-state index in [0.29, 0.717) is 12.3 Å². The Morgan fingerprint density at radius 3 is 3.13 bits per heavy atom. The average molecular weight is 206 g/mol. The van der Waals surface area contributed by atoms with Crippen LogP contribution in [-0.4, -0.2) is 20.6 Å². The number of aromatic nitrogens is 2. The number of rotatable bonds is 4. The number of furan rings is 1. The lowest BCUT2D eigenvalue weighted by Crippen LogP contribution is -1.97. The van der Waals surface area contributed by atoms with E-state index in [4.69, 9.17) is 9.52 Å². The van der Waals surface area contributed by atoms with Crippen molar-refractivity contribution in [1.82, 2.24) is 9.55 Å². The zero-order valence-corrected chi connectivity index (χ0v) is 7.96. The van der Waals surface area contributed by atoms with Gasteiger partial charge in [0.15, 0.2) is 0 Å². The van der Waals surface area contributed by atoms with Crippen LogP contribution >= 0.6 is 0 Å². The molecule has 78 valence electrons. The maximum atomic E-state index is 10.4. The summed E-state index contributed by atoms with van der Waals surface area (Å²) in [6, 6.07) is 3.59. The molecule has 0 aliphatic heterocycles. The first-order valence-electron chi connectivity index (χ1n) is 4.54. The quantitative estimate of drug-likeness (QED) is 0.822. The molecule has 0 radical (unpaired) electrons. The van der Waals surface area contributed by atoms with E-state index in [-0.39, 0.29) is 6.42 Å². The number of aryl methyl sites for hydroxylation is 1. The van der Waals surface area contributed by atoms with Crippen LogP contribution < -0.4 is 0 Å². The first-order chi connectivity index (χ1) is 7.25. The predicted molar refractivity (Wildman–Crippen MR) is 51.8 cm³/mol. The Morgan fingerprint density at radius 1 is 1.60 bits per heavy atom. The summed E-state index contributed by atoms with van der Waals surface area (Å²) in [6.45, 7) is 0. The molecule has 1 N–H and O–H groups in total. The lowest BCUT2D eigenvalue weighted by molar-refractivity contribution is -0.136. The molecule has 5 heteroatoms. The maximum absolute atomic E-state index is 10.4. The molecule has 0 atom stereocenters. The van der Waals surface area contributed by atoms with E-state index >= 15 is 0 Å². The van der Waals surface area contributed by atoms with Crippen molar-refractivity contribution >= 4 is 5.97 Å². The molecule has 0 spiro atoms. The molecule has 0 fully saturated rings. The highest BCUT2D eigenvalue weighted by Crippen LogP contribution is 2.09. The van der Waals surface area contributed by atoms with Gasteiger partial charge in [-0.2, -0.15) is 0 Å². The Bertz CT molecular complexity index is 445. The molecule has 0 saturated carbocycles. The number of carboxylic acids is 1. The van der Waals surface area contributed by atoms with Gasteiger partial charge in [0.05, 0.1) is 18.4 Å². The standard InChI is InChI=1S/C10H10N2O3/c13-10(14)4-3-8-6-12(7-11-8)9-2-1-5-15-9/h1-2,5-7H,3-4H2,(H,13,14). The van der Waals surface area contributed by atoms with Crippen molar-refractivity contribution in [3.8, 4) is 5.88 Å². The van der Waals surface area contributed by atoms with E-state index in [1.165, 1.54) is 0 Å². The first kappa shape index (κ1) is 9.51. The summed E-state index contributed by atoms with van der Waals surface area (Å²) in [7, 11) is 0. The van der Waals surface area contributed by atoms with Crippen molar-refractivity contribution in [1.29, 1.82) is 0 Å². The molecule has 0 aliphatic rings. The van der Waals surface area contributed by atoms with Crippen LogP contribution in [0.4, 0.5) is 0 Å². The molecule has 0 saturated heterocycles. The number of imidazole rings is 1. The van der Waals surface area contributed by atoms with Gasteiger partial charge in [0.25, 0.3) is 0 Å². The van der Waals surface area contributed by atoms with Gasteiger partial charge >= 0.3 is 5.97 Å². The minimum absolute atomic E-state index is 0.0924. The van der Waals surface area contributed by atoms with E-state index in [1.54, 1.807) is 29.4 Å². The molecule has 15 heavy (non-hydrogen) atoms. The minimum atomic E-state index is -0.817. The van der Waals surface area contributed by atoms with E-state index < -0.39 is 5.97 Å². The Hall–Kier alpha value is -2.04. The zero-order valence-electron chi connectivity index (χ0n) is 7.96. The van der Waals surface area contributed by atoms with Crippen LogP contribution in [-0.2, 0) is 11.2 Å². The van der Waals surface area contributed by atoms with E-state index in [9.17, 15) is 4.79 Å². The monoisotopic (exact) mass is 206 g/mol. The molecule has 2 heterocycles. The van der Waals surface area contributed by atoms with Crippen LogP contribution in [0.2, 0.25) is 0 Å². The highest BCUT2D eigenvalue weighted by Gasteiger charge is 2.04. The second-order valence-corrected chi connectivity index (χ2v) is 3.12. The fourth-order valence-electron chi connectivity index (χ4n) is 1.27. The minimum Gasteiger partial charge on any atom is -0.481 e. The topological polar surface area (TPSA) is 68.3 Å². The Kier molecular flexibility index (Phi) is 2.53. The molecule has 0 unspecified atom stereocenters. The third-order valence-corrected chi connectivity index (χ3v) is 1.99. The van der Waals surface area contributed by atoms with Crippen molar-refractivity contribution in [2.45, 2.75) is 12.8 Å². The molecule has 5 nitrogen and oxygen atoms in total. The average Bonchev–Trinajstić information content (AvgIpc) is 2.85. The highest BCUT2D eigenvalue weighted by molar-refractivity contribution is 5.66. The second-order valence-electron chi connectivity index (χ2n) is 3.12. The Labute approximate surface area is 86.0 Å². The SMILES string of the molecule is O=C(O)CCc1cn(-c2ccco2)cn1. The van der Waals surface area contributed by atoms with E-state index in [0.717, 1.165) is 5.69 Å². The molecule has 0 amide bonds. The van der Waals surface area contributed by atoms with Gasteiger partial charge in [0.1, 0.15) is 6.33 Å². The van der Waals surface area contributed by atoms with Gasteiger partial charge < -0.3 is 9.52 Å². The summed E-state index contributed by atoms with van der Waals surface area (Å²) in [5.74, 6) is -0.147. The summed E-state index contributed by atoms with van der Waals surface area (Å²) in [4.78, 5) is 14.4. The molecule has 0 bridgehead atoms. The van der Waals surface area contributed by atoms with Crippen LogP contribution in [0, 0.1) is 0 Å². The van der Waals surface area contributed by atoms with Crippen molar-refractivity contribution in [3.63, 3.8) is 0 Å². The number of carbonyl (C=O) groups is 1. The van der Waals surface area contributed by atoms with Crippen LogP contribution in [0.25, 0.3) is 5.88 Å². The smallest absolute Gasteiger partial charge is 0.303 e. The predicted octanol–water partition coefficient (Wildman–Crippen LogP) is 1.48. The summed E-state index contributed by atoms with van der Waals surface area (Å²) < 4.78 is 6.88. The van der Waals surface area contributed by atoms with Crippen LogP contribution in [0.5, 0.6) is 0 Å². The molecule has 0 aromatic carbocycles. The first-order valence-corrected chi connectivity index (χ1v) is 4.54. The fraction of sp³-hybridized carbons (Fsp3) is 0.200. The van der Waals surface area contributed by atoms with E-state index in [2.05, 4.69) is 4.98 Å². The van der Waals surface area contributed by atoms with Gasteiger partial charge in [-0.05, 0) is 6.07 Å². The van der Waals surface area contributed by atoms with Gasteiger partial charge in [-0.25, -0.2) is 4.98 Å². The molecule has 0 aliphatic carbocycles. The van der Waals surface area contributed by atoms with Gasteiger partial charge in [-0.15, -0.1) is 0 Å². The Morgan fingerprint density at radius 2 is 2.47 bits per heavy atom. The maximum Gasteiger partial charge on any atom is 0.303 e. The number of aliphatic carboxylic acids is 1. The van der Waals surface area contributed by atoms with Gasteiger partial charge in [0.2, 0.25) is 5.88 Å². The third-order valence-electron chi connectivity index (χ3n) is 1.99. The molecular weight excluding hydrogens is 196 g/mol. The summed E-state index contributed by atoms with van der Waals surface area (Å²) >= 11 is 0.